The van der Waals surface area contributed by atoms with E-state index in [-0.39, 0.29) is 65.6 Å². The van der Waals surface area contributed by atoms with Crippen LogP contribution in [0.4, 0.5) is 38.0 Å². The van der Waals surface area contributed by atoms with Crippen molar-refractivity contribution in [2.75, 3.05) is 36.9 Å². The van der Waals surface area contributed by atoms with E-state index in [4.69, 9.17) is 26.8 Å². The first kappa shape index (κ1) is 29.1. The summed E-state index contributed by atoms with van der Waals surface area (Å²) in [5.74, 6) is -4.18. The second kappa shape index (κ2) is 9.61. The molecule has 16 heteroatoms. The molecule has 240 valence electrons. The molecule has 5 aliphatic heterocycles. The van der Waals surface area contributed by atoms with Crippen molar-refractivity contribution in [1.82, 2.24) is 25.2 Å². The number of rotatable bonds is 4. The summed E-state index contributed by atoms with van der Waals surface area (Å²) >= 11 is 6.77. The van der Waals surface area contributed by atoms with Crippen LogP contribution in [0.2, 0.25) is 5.02 Å². The lowest BCUT2D eigenvalue weighted by molar-refractivity contribution is -0.137. The molecule has 2 bridgehead atoms. The first-order valence-corrected chi connectivity index (χ1v) is 15.1. The van der Waals surface area contributed by atoms with Gasteiger partial charge in [-0.25, -0.2) is 18.2 Å². The van der Waals surface area contributed by atoms with E-state index in [2.05, 4.69) is 20.3 Å². The quantitative estimate of drug-likeness (QED) is 0.375. The summed E-state index contributed by atoms with van der Waals surface area (Å²) in [6.07, 6.45) is -3.65. The molecule has 0 aliphatic carbocycles. The Morgan fingerprint density at radius 1 is 1.20 bits per heavy atom. The van der Waals surface area contributed by atoms with Crippen molar-refractivity contribution < 1.29 is 35.8 Å². The van der Waals surface area contributed by atoms with Gasteiger partial charge in [0.1, 0.15) is 29.9 Å². The average Bonchev–Trinajstić information content (AvgIpc) is 3.37. The molecule has 2 aromatic heterocycles. The molecule has 3 aromatic rings. The van der Waals surface area contributed by atoms with Gasteiger partial charge in [0.25, 0.3) is 5.92 Å². The molecule has 8 rings (SSSR count). The number of benzene rings is 1. The van der Waals surface area contributed by atoms with Crippen molar-refractivity contribution in [1.29, 1.82) is 0 Å². The summed E-state index contributed by atoms with van der Waals surface area (Å²) in [6, 6.07) is 1.19. The molecular formula is C29H28ClF6N7O2. The summed E-state index contributed by atoms with van der Waals surface area (Å²) in [5, 5.41) is 3.23. The zero-order chi connectivity index (χ0) is 31.6. The van der Waals surface area contributed by atoms with E-state index in [9.17, 15) is 22.0 Å². The van der Waals surface area contributed by atoms with Crippen molar-refractivity contribution in [3.05, 3.63) is 28.5 Å². The minimum atomic E-state index is -4.92. The Morgan fingerprint density at radius 3 is 2.71 bits per heavy atom. The molecule has 5 atom stereocenters. The predicted molar refractivity (Wildman–Crippen MR) is 152 cm³/mol. The summed E-state index contributed by atoms with van der Waals surface area (Å²) in [5.41, 5.74) is 1.72. The molecule has 4 saturated heterocycles. The minimum absolute atomic E-state index is 0.0129. The number of anilines is 2. The molecular weight excluding hydrogens is 628 g/mol. The van der Waals surface area contributed by atoms with Gasteiger partial charge in [-0.05, 0) is 38.3 Å². The molecule has 0 spiro atoms. The van der Waals surface area contributed by atoms with Gasteiger partial charge < -0.3 is 25.4 Å². The fourth-order valence-electron chi connectivity index (χ4n) is 7.89. The maximum atomic E-state index is 16.8. The van der Waals surface area contributed by atoms with Gasteiger partial charge in [0.05, 0.1) is 45.4 Å². The van der Waals surface area contributed by atoms with E-state index in [1.165, 1.54) is 0 Å². The van der Waals surface area contributed by atoms with Crippen LogP contribution in [-0.2, 0) is 6.18 Å². The maximum absolute atomic E-state index is 16.8. The highest BCUT2D eigenvalue weighted by atomic mass is 35.5. The number of nitrogen functional groups attached to an aromatic ring is 1. The van der Waals surface area contributed by atoms with Gasteiger partial charge in [-0.15, -0.1) is 0 Å². The first-order chi connectivity index (χ1) is 21.2. The van der Waals surface area contributed by atoms with Crippen molar-refractivity contribution in [2.24, 2.45) is 0 Å². The third-order valence-electron chi connectivity index (χ3n) is 9.92. The summed E-state index contributed by atoms with van der Waals surface area (Å²) in [4.78, 5) is 16.5. The molecule has 5 aliphatic rings. The number of nitrogens with one attached hydrogen (secondary N) is 1. The van der Waals surface area contributed by atoms with Crippen LogP contribution >= 0.6 is 11.6 Å². The van der Waals surface area contributed by atoms with Crippen molar-refractivity contribution in [3.63, 3.8) is 0 Å². The molecule has 0 amide bonds. The predicted octanol–water partition coefficient (Wildman–Crippen LogP) is 5.04. The third kappa shape index (κ3) is 4.40. The van der Waals surface area contributed by atoms with E-state index in [1.54, 1.807) is 4.90 Å². The Kier molecular flexibility index (Phi) is 6.22. The molecule has 0 radical (unpaired) electrons. The Bertz CT molecular complexity index is 1740. The highest BCUT2D eigenvalue weighted by Crippen LogP contribution is 2.52. The maximum Gasteiger partial charge on any atom is 0.418 e. The highest BCUT2D eigenvalue weighted by Gasteiger charge is 2.60. The largest absolute Gasteiger partial charge is 0.486 e. The van der Waals surface area contributed by atoms with E-state index in [0.717, 1.165) is 18.9 Å². The Balaban J connectivity index is 1.33. The van der Waals surface area contributed by atoms with Gasteiger partial charge in [-0.1, -0.05) is 11.6 Å². The van der Waals surface area contributed by atoms with Crippen LogP contribution in [0.1, 0.15) is 38.2 Å². The number of pyridine rings is 1. The van der Waals surface area contributed by atoms with Crippen LogP contribution in [0, 0.1) is 5.82 Å². The second-order valence-electron chi connectivity index (χ2n) is 12.7. The van der Waals surface area contributed by atoms with Crippen molar-refractivity contribution >= 4 is 34.1 Å². The SMILES string of the molecule is C[C@@H]1Oc2c(Cl)c(-c3nc(N)ccc3C(F)(F)F)c(F)c3nc(OCC45CCN4CC(F)(F)C5)nc(c23)N2C[C@H]3CC[C@H](N3)[C@@H]12. The van der Waals surface area contributed by atoms with Gasteiger partial charge >= 0.3 is 12.2 Å². The standard InChI is InChI=1S/C29H28ClF6N7O2/c1-12-23-15-4-2-13(38-15)8-43(23)25-18-22(40-26(41-25)44-11-27-6-7-42(27)10-28(32,33)9-27)20(31)17(19(30)24(18)45-12)21-14(29(34,35)36)3-5-16(37)39-21/h3,5,12-13,15,23,38H,2,4,6-11H2,1H3,(H2,37,39)/t12-,13+,15-,23+,27?/m0/s1. The Labute approximate surface area is 258 Å². The highest BCUT2D eigenvalue weighted by molar-refractivity contribution is 6.36. The summed E-state index contributed by atoms with van der Waals surface area (Å²) < 4.78 is 100. The van der Waals surface area contributed by atoms with Crippen LogP contribution in [0.3, 0.4) is 0 Å². The zero-order valence-electron chi connectivity index (χ0n) is 23.9. The van der Waals surface area contributed by atoms with E-state index >= 15 is 4.39 Å². The summed E-state index contributed by atoms with van der Waals surface area (Å²) in [6.45, 7) is 2.25. The monoisotopic (exact) mass is 655 g/mol. The lowest BCUT2D eigenvalue weighted by Crippen LogP contribution is -2.62. The van der Waals surface area contributed by atoms with Gasteiger partial charge in [-0.2, -0.15) is 23.1 Å². The van der Waals surface area contributed by atoms with E-state index < -0.39 is 57.8 Å². The molecule has 0 saturated carbocycles. The number of alkyl halides is 5. The van der Waals surface area contributed by atoms with Gasteiger partial charge in [0.2, 0.25) is 0 Å². The zero-order valence-corrected chi connectivity index (χ0v) is 24.7. The number of ether oxygens (including phenoxy) is 2. The number of hydrogen-bond acceptors (Lipinski definition) is 9. The van der Waals surface area contributed by atoms with Gasteiger partial charge in [0, 0.05) is 31.6 Å². The molecule has 7 heterocycles. The van der Waals surface area contributed by atoms with Gasteiger partial charge in [-0.3, -0.25) is 4.90 Å². The summed E-state index contributed by atoms with van der Waals surface area (Å²) in [7, 11) is 0. The van der Waals surface area contributed by atoms with E-state index in [0.29, 0.717) is 25.6 Å². The topological polar surface area (TPSA) is 102 Å². The Hall–Kier alpha value is -3.30. The molecule has 9 nitrogen and oxygen atoms in total. The molecule has 3 N–H and O–H groups in total. The number of hydrogen-bond donors (Lipinski definition) is 2. The smallest absolute Gasteiger partial charge is 0.418 e. The molecule has 4 fully saturated rings. The van der Waals surface area contributed by atoms with Crippen LogP contribution in [-0.4, -0.2) is 81.8 Å². The van der Waals surface area contributed by atoms with Crippen LogP contribution in [0.5, 0.6) is 11.8 Å². The van der Waals surface area contributed by atoms with Crippen LogP contribution < -0.4 is 25.4 Å². The minimum Gasteiger partial charge on any atom is -0.486 e. The second-order valence-corrected chi connectivity index (χ2v) is 13.1. The number of halogens is 7. The number of nitrogens with two attached hydrogens (primary N) is 1. The van der Waals surface area contributed by atoms with Gasteiger partial charge in [0.15, 0.2) is 11.6 Å². The number of nitrogens with zero attached hydrogens (tertiary/aromatic N) is 5. The Morgan fingerprint density at radius 2 is 2.00 bits per heavy atom. The van der Waals surface area contributed by atoms with Crippen LogP contribution in [0.15, 0.2) is 12.1 Å². The van der Waals surface area contributed by atoms with E-state index in [1.807, 2.05) is 11.8 Å². The number of fused-ring (bicyclic) bond motifs is 6. The van der Waals surface area contributed by atoms with Crippen molar-refractivity contribution in [2.45, 2.75) is 74.5 Å². The fourth-order valence-corrected chi connectivity index (χ4v) is 8.20. The molecule has 1 unspecified atom stereocenters. The van der Waals surface area contributed by atoms with Crippen molar-refractivity contribution in [3.8, 4) is 23.0 Å². The fraction of sp³-hybridized carbons (Fsp3) is 0.552. The van der Waals surface area contributed by atoms with Crippen LogP contribution in [0.25, 0.3) is 22.2 Å². The molecule has 1 aromatic carbocycles. The lowest BCUT2D eigenvalue weighted by atomic mass is 9.85. The number of piperazine rings is 1. The third-order valence-corrected chi connectivity index (χ3v) is 10.3. The normalized spacial score (nSPS) is 30.0. The first-order valence-electron chi connectivity index (χ1n) is 14.8. The lowest BCUT2D eigenvalue weighted by Gasteiger charge is -2.46. The average molecular weight is 656 g/mol. The molecule has 45 heavy (non-hydrogen) atoms. The number of aromatic nitrogens is 3.